The Hall–Kier alpha value is -1.16. The molecule has 1 aromatic heterocycles. The number of pyridine rings is 1. The van der Waals surface area contributed by atoms with E-state index in [1.807, 2.05) is 24.3 Å². The van der Waals surface area contributed by atoms with Gasteiger partial charge in [0.15, 0.2) is 5.82 Å². The quantitative estimate of drug-likeness (QED) is 0.827. The van der Waals surface area contributed by atoms with Gasteiger partial charge in [0.1, 0.15) is 10.9 Å². The number of nitrogens with zero attached hydrogens (tertiary/aromatic N) is 1. The zero-order valence-corrected chi connectivity index (χ0v) is 11.6. The lowest BCUT2D eigenvalue weighted by atomic mass is 10.3. The van der Waals surface area contributed by atoms with Gasteiger partial charge in [0.2, 0.25) is 0 Å². The van der Waals surface area contributed by atoms with Gasteiger partial charge >= 0.3 is 0 Å². The molecule has 0 radical (unpaired) electrons. The van der Waals surface area contributed by atoms with Crippen LogP contribution in [0.5, 0.6) is 5.75 Å². The van der Waals surface area contributed by atoms with Crippen LogP contribution in [0, 0.1) is 0 Å². The summed E-state index contributed by atoms with van der Waals surface area (Å²) in [6, 6.07) is 8.92. The van der Waals surface area contributed by atoms with E-state index in [0.29, 0.717) is 15.9 Å². The second-order valence-corrected chi connectivity index (χ2v) is 4.62. The van der Waals surface area contributed by atoms with Crippen LogP contribution in [0.25, 0.3) is 0 Å². The van der Waals surface area contributed by atoms with E-state index in [1.54, 1.807) is 13.2 Å². The molecule has 94 valence electrons. The van der Waals surface area contributed by atoms with Crippen LogP contribution in [0.4, 0.5) is 11.5 Å². The topological polar surface area (TPSA) is 34.1 Å². The van der Waals surface area contributed by atoms with Gasteiger partial charge in [-0.2, -0.15) is 0 Å². The van der Waals surface area contributed by atoms with Gasteiger partial charge in [-0.15, -0.1) is 0 Å². The summed E-state index contributed by atoms with van der Waals surface area (Å²) in [5.74, 6) is 1.18. The lowest BCUT2D eigenvalue weighted by molar-refractivity contribution is 0.415. The summed E-state index contributed by atoms with van der Waals surface area (Å²) in [5.41, 5.74) is 0.794. The normalized spacial score (nSPS) is 10.2. The van der Waals surface area contributed by atoms with E-state index in [0.717, 1.165) is 11.4 Å². The van der Waals surface area contributed by atoms with Crippen LogP contribution >= 0.6 is 34.8 Å². The van der Waals surface area contributed by atoms with Crippen molar-refractivity contribution in [2.75, 3.05) is 12.4 Å². The number of methoxy groups -OCH3 is 1. The fourth-order valence-electron chi connectivity index (χ4n) is 1.37. The molecule has 1 N–H and O–H groups in total. The minimum Gasteiger partial charge on any atom is -0.497 e. The fraction of sp³-hybridized carbons (Fsp3) is 0.0833. The number of ether oxygens (including phenoxy) is 1. The molecule has 0 atom stereocenters. The second-order valence-electron chi connectivity index (χ2n) is 3.45. The van der Waals surface area contributed by atoms with E-state index in [1.165, 1.54) is 0 Å². The molecule has 0 saturated carbocycles. The Kier molecular flexibility index (Phi) is 4.17. The molecule has 0 aliphatic carbocycles. The van der Waals surface area contributed by atoms with Crippen molar-refractivity contribution in [1.29, 1.82) is 0 Å². The Morgan fingerprint density at radius 1 is 1.11 bits per heavy atom. The van der Waals surface area contributed by atoms with Gasteiger partial charge in [-0.3, -0.25) is 0 Å². The Bertz CT molecular complexity index is 575. The summed E-state index contributed by atoms with van der Waals surface area (Å²) in [6.45, 7) is 0. The summed E-state index contributed by atoms with van der Waals surface area (Å²) < 4.78 is 5.13. The molecule has 0 aliphatic rings. The Balaban J connectivity index is 2.30. The number of hydrogen-bond acceptors (Lipinski definition) is 3. The van der Waals surface area contributed by atoms with Gasteiger partial charge in [-0.05, 0) is 18.2 Å². The van der Waals surface area contributed by atoms with E-state index in [2.05, 4.69) is 10.3 Å². The molecule has 1 aromatic carbocycles. The smallest absolute Gasteiger partial charge is 0.151 e. The molecular formula is C12H9Cl3N2O. The lowest BCUT2D eigenvalue weighted by Gasteiger charge is -2.09. The molecule has 1 heterocycles. The molecule has 0 fully saturated rings. The van der Waals surface area contributed by atoms with Gasteiger partial charge in [-0.1, -0.05) is 40.9 Å². The zero-order valence-electron chi connectivity index (χ0n) is 9.38. The predicted octanol–water partition coefficient (Wildman–Crippen LogP) is 4.79. The van der Waals surface area contributed by atoms with Crippen molar-refractivity contribution in [2.24, 2.45) is 0 Å². The molecule has 0 spiro atoms. The van der Waals surface area contributed by atoms with Gasteiger partial charge in [0, 0.05) is 11.8 Å². The van der Waals surface area contributed by atoms with Crippen LogP contribution < -0.4 is 10.1 Å². The molecule has 2 aromatic rings. The van der Waals surface area contributed by atoms with Crippen molar-refractivity contribution in [1.82, 2.24) is 4.98 Å². The number of benzene rings is 1. The largest absolute Gasteiger partial charge is 0.497 e. The third-order valence-electron chi connectivity index (χ3n) is 2.22. The van der Waals surface area contributed by atoms with Crippen LogP contribution in [0.15, 0.2) is 30.3 Å². The van der Waals surface area contributed by atoms with Crippen molar-refractivity contribution in [3.63, 3.8) is 0 Å². The molecule has 3 nitrogen and oxygen atoms in total. The van der Waals surface area contributed by atoms with Gasteiger partial charge in [-0.25, -0.2) is 4.98 Å². The Labute approximate surface area is 120 Å². The minimum absolute atomic E-state index is 0.200. The SMILES string of the molecule is COc1cccc(Nc2nc(Cl)c(Cl)cc2Cl)c1. The maximum atomic E-state index is 6.03. The van der Waals surface area contributed by atoms with Crippen LogP contribution in [-0.2, 0) is 0 Å². The number of nitrogens with one attached hydrogen (secondary N) is 1. The highest BCUT2D eigenvalue weighted by Gasteiger charge is 2.08. The van der Waals surface area contributed by atoms with Crippen molar-refractivity contribution in [2.45, 2.75) is 0 Å². The third-order valence-corrected chi connectivity index (χ3v) is 3.18. The predicted molar refractivity (Wildman–Crippen MR) is 75.5 cm³/mol. The number of rotatable bonds is 3. The summed E-state index contributed by atoms with van der Waals surface area (Å²) in [7, 11) is 1.60. The van der Waals surface area contributed by atoms with E-state index in [9.17, 15) is 0 Å². The first-order chi connectivity index (χ1) is 8.60. The number of halogens is 3. The third kappa shape index (κ3) is 2.99. The van der Waals surface area contributed by atoms with Crippen molar-refractivity contribution < 1.29 is 4.74 Å². The van der Waals surface area contributed by atoms with E-state index < -0.39 is 0 Å². The summed E-state index contributed by atoms with van der Waals surface area (Å²) in [5, 5.41) is 3.96. The van der Waals surface area contributed by atoms with Crippen molar-refractivity contribution in [3.8, 4) is 5.75 Å². The molecule has 0 unspecified atom stereocenters. The van der Waals surface area contributed by atoms with E-state index in [4.69, 9.17) is 39.5 Å². The highest BCUT2D eigenvalue weighted by molar-refractivity contribution is 6.43. The molecule has 6 heteroatoms. The van der Waals surface area contributed by atoms with Gasteiger partial charge < -0.3 is 10.1 Å². The molecule has 2 rings (SSSR count). The standard InChI is InChI=1S/C12H9Cl3N2O/c1-18-8-4-2-3-7(5-8)16-12-10(14)6-9(13)11(15)17-12/h2-6H,1H3,(H,16,17). The maximum Gasteiger partial charge on any atom is 0.151 e. The highest BCUT2D eigenvalue weighted by Crippen LogP contribution is 2.31. The number of hydrogen-bond donors (Lipinski definition) is 1. The molecule has 18 heavy (non-hydrogen) atoms. The molecular weight excluding hydrogens is 295 g/mol. The molecule has 0 amide bonds. The average molecular weight is 304 g/mol. The summed E-state index contributed by atoms with van der Waals surface area (Å²) in [4.78, 5) is 4.07. The summed E-state index contributed by atoms with van der Waals surface area (Å²) in [6.07, 6.45) is 0. The Morgan fingerprint density at radius 3 is 2.61 bits per heavy atom. The Morgan fingerprint density at radius 2 is 1.89 bits per heavy atom. The maximum absolute atomic E-state index is 6.03. The lowest BCUT2D eigenvalue weighted by Crippen LogP contribution is -1.95. The number of aromatic nitrogens is 1. The molecule has 0 bridgehead atoms. The van der Waals surface area contributed by atoms with E-state index in [-0.39, 0.29) is 5.15 Å². The van der Waals surface area contributed by atoms with Crippen LogP contribution in [0.2, 0.25) is 15.2 Å². The fourth-order valence-corrected chi connectivity index (χ4v) is 1.91. The second kappa shape index (κ2) is 5.65. The first-order valence-electron chi connectivity index (χ1n) is 5.03. The van der Waals surface area contributed by atoms with Crippen LogP contribution in [-0.4, -0.2) is 12.1 Å². The van der Waals surface area contributed by atoms with Gasteiger partial charge in [0.25, 0.3) is 0 Å². The number of anilines is 2. The highest BCUT2D eigenvalue weighted by atomic mass is 35.5. The van der Waals surface area contributed by atoms with Crippen LogP contribution in [0.1, 0.15) is 0 Å². The van der Waals surface area contributed by atoms with E-state index >= 15 is 0 Å². The van der Waals surface area contributed by atoms with Crippen molar-refractivity contribution >= 4 is 46.3 Å². The van der Waals surface area contributed by atoms with Crippen LogP contribution in [0.3, 0.4) is 0 Å². The molecule has 0 aliphatic heterocycles. The zero-order chi connectivity index (χ0) is 13.1. The first-order valence-corrected chi connectivity index (χ1v) is 6.16. The summed E-state index contributed by atoms with van der Waals surface area (Å²) >= 11 is 17.7. The average Bonchev–Trinajstić information content (AvgIpc) is 2.36. The monoisotopic (exact) mass is 302 g/mol. The molecule has 0 saturated heterocycles. The van der Waals surface area contributed by atoms with Gasteiger partial charge in [0.05, 0.1) is 17.2 Å². The first kappa shape index (κ1) is 13.3. The minimum atomic E-state index is 0.200. The van der Waals surface area contributed by atoms with Crippen molar-refractivity contribution in [3.05, 3.63) is 45.5 Å².